The lowest BCUT2D eigenvalue weighted by Gasteiger charge is -2.21. The van der Waals surface area contributed by atoms with Gasteiger partial charge in [-0.25, -0.2) is 0 Å². The molecule has 0 amide bonds. The van der Waals surface area contributed by atoms with Crippen molar-refractivity contribution in [3.05, 3.63) is 24.0 Å². The Morgan fingerprint density at radius 2 is 2.13 bits per heavy atom. The fourth-order valence-corrected chi connectivity index (χ4v) is 1.09. The molecule has 1 aromatic rings. The Kier molecular flexibility index (Phi) is 4.09. The Labute approximate surface area is 91.7 Å². The highest BCUT2D eigenvalue weighted by atomic mass is 16.5. The van der Waals surface area contributed by atoms with Gasteiger partial charge >= 0.3 is 0 Å². The molecule has 0 fully saturated rings. The van der Waals surface area contributed by atoms with Gasteiger partial charge in [0.15, 0.2) is 0 Å². The van der Waals surface area contributed by atoms with Crippen LogP contribution in [0.1, 0.15) is 26.0 Å². The standard InChI is InChI=1S/C12H20N2O/c1-10-4-5-11(8-14-10)15-7-6-12(2,3)9-13/h4-5,8H,6-7,9,13H2,1-3H3. The number of aromatic nitrogens is 1. The molecule has 0 atom stereocenters. The van der Waals surface area contributed by atoms with Gasteiger partial charge in [0.1, 0.15) is 5.75 Å². The van der Waals surface area contributed by atoms with Crippen molar-refractivity contribution in [3.63, 3.8) is 0 Å². The Hall–Kier alpha value is -1.09. The summed E-state index contributed by atoms with van der Waals surface area (Å²) in [6, 6.07) is 3.89. The maximum Gasteiger partial charge on any atom is 0.137 e. The number of ether oxygens (including phenoxy) is 1. The SMILES string of the molecule is Cc1ccc(OCCC(C)(C)CN)cn1. The fraction of sp³-hybridized carbons (Fsp3) is 0.583. The van der Waals surface area contributed by atoms with E-state index in [0.717, 1.165) is 17.9 Å². The average Bonchev–Trinajstić information content (AvgIpc) is 2.21. The van der Waals surface area contributed by atoms with Gasteiger partial charge in [-0.2, -0.15) is 0 Å². The molecule has 3 heteroatoms. The highest BCUT2D eigenvalue weighted by Gasteiger charge is 2.15. The van der Waals surface area contributed by atoms with Gasteiger partial charge in [0.05, 0.1) is 12.8 Å². The summed E-state index contributed by atoms with van der Waals surface area (Å²) in [7, 11) is 0. The van der Waals surface area contributed by atoms with Gasteiger partial charge < -0.3 is 10.5 Å². The van der Waals surface area contributed by atoms with Gasteiger partial charge in [0.25, 0.3) is 0 Å². The lowest BCUT2D eigenvalue weighted by molar-refractivity contribution is 0.233. The molecular weight excluding hydrogens is 188 g/mol. The van der Waals surface area contributed by atoms with Crippen LogP contribution in [-0.2, 0) is 0 Å². The Morgan fingerprint density at radius 1 is 1.40 bits per heavy atom. The van der Waals surface area contributed by atoms with Gasteiger partial charge in [-0.1, -0.05) is 13.8 Å². The fourth-order valence-electron chi connectivity index (χ4n) is 1.09. The lowest BCUT2D eigenvalue weighted by Crippen LogP contribution is -2.25. The van der Waals surface area contributed by atoms with Gasteiger partial charge in [0, 0.05) is 5.69 Å². The predicted octanol–water partition coefficient (Wildman–Crippen LogP) is 2.14. The lowest BCUT2D eigenvalue weighted by atomic mass is 9.90. The third-order valence-electron chi connectivity index (χ3n) is 2.48. The molecule has 0 unspecified atom stereocenters. The first-order chi connectivity index (χ1) is 7.03. The zero-order valence-electron chi connectivity index (χ0n) is 9.79. The molecule has 0 aliphatic carbocycles. The molecule has 0 aliphatic heterocycles. The van der Waals surface area contributed by atoms with E-state index < -0.39 is 0 Å². The monoisotopic (exact) mass is 208 g/mol. The van der Waals surface area contributed by atoms with Crippen LogP contribution in [0.2, 0.25) is 0 Å². The minimum atomic E-state index is 0.151. The summed E-state index contributed by atoms with van der Waals surface area (Å²) < 4.78 is 5.58. The summed E-state index contributed by atoms with van der Waals surface area (Å²) in [4.78, 5) is 4.16. The van der Waals surface area contributed by atoms with Crippen molar-refractivity contribution in [2.24, 2.45) is 11.1 Å². The van der Waals surface area contributed by atoms with E-state index in [1.807, 2.05) is 19.1 Å². The molecule has 0 aliphatic rings. The molecule has 3 nitrogen and oxygen atoms in total. The van der Waals surface area contributed by atoms with E-state index in [0.29, 0.717) is 13.2 Å². The molecular formula is C12H20N2O. The van der Waals surface area contributed by atoms with E-state index in [1.165, 1.54) is 0 Å². The summed E-state index contributed by atoms with van der Waals surface area (Å²) in [5.74, 6) is 0.827. The van der Waals surface area contributed by atoms with Crippen LogP contribution in [0.5, 0.6) is 5.75 Å². The Balaban J connectivity index is 2.35. The van der Waals surface area contributed by atoms with Crippen molar-refractivity contribution in [1.82, 2.24) is 4.98 Å². The number of pyridine rings is 1. The summed E-state index contributed by atoms with van der Waals surface area (Å²) in [6.45, 7) is 7.62. The molecule has 0 spiro atoms. The third kappa shape index (κ3) is 4.30. The molecule has 84 valence electrons. The first-order valence-electron chi connectivity index (χ1n) is 5.29. The molecule has 0 radical (unpaired) electrons. The van der Waals surface area contributed by atoms with Crippen molar-refractivity contribution in [2.75, 3.05) is 13.2 Å². The van der Waals surface area contributed by atoms with Crippen LogP contribution >= 0.6 is 0 Å². The topological polar surface area (TPSA) is 48.1 Å². The van der Waals surface area contributed by atoms with Crippen molar-refractivity contribution in [3.8, 4) is 5.75 Å². The summed E-state index contributed by atoms with van der Waals surface area (Å²) in [6.07, 6.45) is 2.71. The first kappa shape index (κ1) is 12.0. The van der Waals surface area contributed by atoms with Gasteiger partial charge in [-0.05, 0) is 37.4 Å². The van der Waals surface area contributed by atoms with E-state index in [9.17, 15) is 0 Å². The van der Waals surface area contributed by atoms with Crippen LogP contribution in [-0.4, -0.2) is 18.1 Å². The van der Waals surface area contributed by atoms with Crippen LogP contribution in [0.15, 0.2) is 18.3 Å². The second-order valence-electron chi connectivity index (χ2n) is 4.60. The zero-order valence-corrected chi connectivity index (χ0v) is 9.79. The molecule has 2 N–H and O–H groups in total. The summed E-state index contributed by atoms with van der Waals surface area (Å²) >= 11 is 0. The second-order valence-corrected chi connectivity index (χ2v) is 4.60. The number of nitrogens with two attached hydrogens (primary N) is 1. The average molecular weight is 208 g/mol. The van der Waals surface area contributed by atoms with E-state index in [-0.39, 0.29) is 5.41 Å². The van der Waals surface area contributed by atoms with Crippen LogP contribution < -0.4 is 10.5 Å². The Morgan fingerprint density at radius 3 is 2.67 bits per heavy atom. The summed E-state index contributed by atoms with van der Waals surface area (Å²) in [5.41, 5.74) is 6.79. The maximum absolute atomic E-state index is 5.64. The number of rotatable bonds is 5. The van der Waals surface area contributed by atoms with Crippen molar-refractivity contribution in [1.29, 1.82) is 0 Å². The normalized spacial score (nSPS) is 11.5. The van der Waals surface area contributed by atoms with Crippen LogP contribution in [0.3, 0.4) is 0 Å². The molecule has 15 heavy (non-hydrogen) atoms. The number of aryl methyl sites for hydroxylation is 1. The number of hydrogen-bond donors (Lipinski definition) is 1. The maximum atomic E-state index is 5.64. The van der Waals surface area contributed by atoms with E-state index >= 15 is 0 Å². The Bertz CT molecular complexity index is 293. The van der Waals surface area contributed by atoms with Crippen LogP contribution in [0, 0.1) is 12.3 Å². The van der Waals surface area contributed by atoms with E-state index in [1.54, 1.807) is 6.20 Å². The first-order valence-corrected chi connectivity index (χ1v) is 5.29. The quantitative estimate of drug-likeness (QED) is 0.806. The highest BCUT2D eigenvalue weighted by molar-refractivity contribution is 5.18. The number of hydrogen-bond acceptors (Lipinski definition) is 3. The smallest absolute Gasteiger partial charge is 0.137 e. The zero-order chi connectivity index (χ0) is 11.3. The van der Waals surface area contributed by atoms with Crippen molar-refractivity contribution >= 4 is 0 Å². The second kappa shape index (κ2) is 5.12. The molecule has 1 rings (SSSR count). The highest BCUT2D eigenvalue weighted by Crippen LogP contribution is 2.18. The molecule has 1 heterocycles. The van der Waals surface area contributed by atoms with Crippen LogP contribution in [0.4, 0.5) is 0 Å². The van der Waals surface area contributed by atoms with E-state index in [4.69, 9.17) is 10.5 Å². The summed E-state index contributed by atoms with van der Waals surface area (Å²) in [5, 5.41) is 0. The van der Waals surface area contributed by atoms with Gasteiger partial charge in [-0.15, -0.1) is 0 Å². The minimum absolute atomic E-state index is 0.151. The van der Waals surface area contributed by atoms with Gasteiger partial charge in [0.2, 0.25) is 0 Å². The van der Waals surface area contributed by atoms with E-state index in [2.05, 4.69) is 18.8 Å². The van der Waals surface area contributed by atoms with Crippen LogP contribution in [0.25, 0.3) is 0 Å². The molecule has 0 saturated heterocycles. The number of nitrogens with zero attached hydrogens (tertiary/aromatic N) is 1. The van der Waals surface area contributed by atoms with Crippen molar-refractivity contribution in [2.45, 2.75) is 27.2 Å². The molecule has 0 bridgehead atoms. The molecule has 0 aromatic carbocycles. The molecule has 1 aromatic heterocycles. The largest absolute Gasteiger partial charge is 0.492 e. The third-order valence-corrected chi connectivity index (χ3v) is 2.48. The van der Waals surface area contributed by atoms with Crippen molar-refractivity contribution < 1.29 is 4.74 Å². The predicted molar refractivity (Wildman–Crippen MR) is 61.9 cm³/mol. The minimum Gasteiger partial charge on any atom is -0.492 e. The van der Waals surface area contributed by atoms with Gasteiger partial charge in [-0.3, -0.25) is 4.98 Å². The molecule has 0 saturated carbocycles.